The van der Waals surface area contributed by atoms with E-state index in [1.165, 1.54) is 0 Å². The minimum Gasteiger partial charge on any atom is -0.481 e. The number of benzene rings is 1. The number of hydrogen-bond donors (Lipinski definition) is 1. The molecule has 1 saturated heterocycles. The molecule has 1 N–H and O–H groups in total. The van der Waals surface area contributed by atoms with E-state index in [0.717, 1.165) is 18.4 Å². The van der Waals surface area contributed by atoms with E-state index in [1.54, 1.807) is 11.0 Å². The Bertz CT molecular complexity index is 728. The Balaban J connectivity index is 1.61. The smallest absolute Gasteiger partial charge is 0.311 e. The highest BCUT2D eigenvalue weighted by molar-refractivity contribution is 6.01. The maximum Gasteiger partial charge on any atom is 0.311 e. The van der Waals surface area contributed by atoms with Gasteiger partial charge in [-0.05, 0) is 30.7 Å². The zero-order chi connectivity index (χ0) is 16.9. The van der Waals surface area contributed by atoms with Gasteiger partial charge in [-0.3, -0.25) is 14.4 Å². The normalized spacial score (nSPS) is 31.7. The van der Waals surface area contributed by atoms with Crippen LogP contribution in [0, 0.1) is 11.3 Å². The third-order valence-electron chi connectivity index (χ3n) is 6.20. The average molecular weight is 327 g/mol. The number of fused-ring (bicyclic) bond motifs is 2. The summed E-state index contributed by atoms with van der Waals surface area (Å²) in [6.45, 7) is 0.857. The van der Waals surface area contributed by atoms with Crippen LogP contribution >= 0.6 is 0 Å². The number of nitrogens with zero attached hydrogens (tertiary/aromatic N) is 1. The zero-order valence-corrected chi connectivity index (χ0v) is 13.5. The average Bonchev–Trinajstić information content (AvgIpc) is 3.13. The summed E-state index contributed by atoms with van der Waals surface area (Å²) in [5.41, 5.74) is 0.703. The number of hydrogen-bond acceptors (Lipinski definition) is 3. The van der Waals surface area contributed by atoms with Crippen LogP contribution in [0.3, 0.4) is 0 Å². The molecule has 1 unspecified atom stereocenters. The van der Waals surface area contributed by atoms with E-state index in [0.29, 0.717) is 37.9 Å². The summed E-state index contributed by atoms with van der Waals surface area (Å²) >= 11 is 0. The first-order valence-electron chi connectivity index (χ1n) is 8.67. The van der Waals surface area contributed by atoms with Crippen molar-refractivity contribution in [2.75, 3.05) is 13.1 Å². The van der Waals surface area contributed by atoms with Crippen LogP contribution in [-0.2, 0) is 9.59 Å². The van der Waals surface area contributed by atoms with E-state index in [9.17, 15) is 19.5 Å². The zero-order valence-electron chi connectivity index (χ0n) is 13.5. The molecule has 1 aromatic carbocycles. The van der Waals surface area contributed by atoms with E-state index in [4.69, 9.17) is 0 Å². The third kappa shape index (κ3) is 2.10. The molecule has 1 aromatic rings. The highest BCUT2D eigenvalue weighted by atomic mass is 16.4. The van der Waals surface area contributed by atoms with Crippen LogP contribution in [0.2, 0.25) is 0 Å². The molecule has 3 aliphatic rings. The molecule has 24 heavy (non-hydrogen) atoms. The first-order chi connectivity index (χ1) is 11.5. The maximum atomic E-state index is 13.1. The molecule has 3 atom stereocenters. The number of aliphatic carboxylic acids is 1. The summed E-state index contributed by atoms with van der Waals surface area (Å²) in [7, 11) is 0. The Labute approximate surface area is 140 Å². The van der Waals surface area contributed by atoms with Crippen LogP contribution in [0.15, 0.2) is 24.3 Å². The number of likely N-dealkylation sites (tertiary alicyclic amines) is 1. The molecule has 0 aromatic heterocycles. The molecular weight excluding hydrogens is 306 g/mol. The van der Waals surface area contributed by atoms with E-state index in [2.05, 4.69) is 0 Å². The standard InChI is InChI=1S/C19H21NO4/c21-16-8-7-15(13-5-1-2-6-14(13)16)17(22)20-10-12-4-3-9-19(12,11-20)18(23)24/h1-2,5-6,12,15H,3-4,7-11H2,(H,23,24)/t12-,15?,19+/m0/s1. The SMILES string of the molecule is O=C1CCC(C(=O)N2C[C@@H]3CCC[C@@]3(C(=O)O)C2)c2ccccc21. The van der Waals surface area contributed by atoms with Crippen molar-refractivity contribution in [3.63, 3.8) is 0 Å². The predicted molar refractivity (Wildman–Crippen MR) is 86.7 cm³/mol. The van der Waals surface area contributed by atoms with Crippen molar-refractivity contribution in [2.45, 2.75) is 38.0 Å². The van der Waals surface area contributed by atoms with Gasteiger partial charge in [-0.1, -0.05) is 30.7 Å². The van der Waals surface area contributed by atoms with Crippen LogP contribution in [0.25, 0.3) is 0 Å². The molecule has 5 nitrogen and oxygen atoms in total. The van der Waals surface area contributed by atoms with Crippen molar-refractivity contribution >= 4 is 17.7 Å². The molecule has 0 radical (unpaired) electrons. The fourth-order valence-corrected chi connectivity index (χ4v) is 4.90. The second-order valence-electron chi connectivity index (χ2n) is 7.37. The summed E-state index contributed by atoms with van der Waals surface area (Å²) in [4.78, 5) is 38.7. The number of Topliss-reactive ketones (excluding diaryl/α,β-unsaturated/α-hetero) is 1. The lowest BCUT2D eigenvalue weighted by Crippen LogP contribution is -2.39. The number of carboxylic acid groups (broad SMARTS) is 1. The predicted octanol–water partition coefficient (Wildman–Crippen LogP) is 2.46. The molecule has 5 heteroatoms. The second-order valence-corrected chi connectivity index (χ2v) is 7.37. The fourth-order valence-electron chi connectivity index (χ4n) is 4.90. The van der Waals surface area contributed by atoms with E-state index < -0.39 is 11.4 Å². The molecule has 2 aliphatic carbocycles. The maximum absolute atomic E-state index is 13.1. The molecule has 0 spiro atoms. The Morgan fingerprint density at radius 2 is 2.00 bits per heavy atom. The van der Waals surface area contributed by atoms with Crippen molar-refractivity contribution in [3.05, 3.63) is 35.4 Å². The van der Waals surface area contributed by atoms with E-state index in [-0.39, 0.29) is 23.5 Å². The molecule has 4 rings (SSSR count). The minimum absolute atomic E-state index is 0.00928. The monoisotopic (exact) mass is 327 g/mol. The van der Waals surface area contributed by atoms with Crippen LogP contribution in [-0.4, -0.2) is 40.8 Å². The summed E-state index contributed by atoms with van der Waals surface area (Å²) in [6.07, 6.45) is 3.39. The Morgan fingerprint density at radius 1 is 1.21 bits per heavy atom. The Morgan fingerprint density at radius 3 is 2.75 bits per heavy atom. The number of rotatable bonds is 2. The van der Waals surface area contributed by atoms with Gasteiger partial charge in [-0.15, -0.1) is 0 Å². The van der Waals surface area contributed by atoms with Gasteiger partial charge in [-0.2, -0.15) is 0 Å². The van der Waals surface area contributed by atoms with Crippen molar-refractivity contribution in [1.29, 1.82) is 0 Å². The molecular formula is C19H21NO4. The lowest BCUT2D eigenvalue weighted by molar-refractivity contribution is -0.149. The molecule has 126 valence electrons. The van der Waals surface area contributed by atoms with Crippen LogP contribution < -0.4 is 0 Å². The molecule has 0 bridgehead atoms. The Hall–Kier alpha value is -2.17. The number of carbonyl (C=O) groups is 3. The van der Waals surface area contributed by atoms with Gasteiger partial charge in [0.05, 0.1) is 11.3 Å². The molecule has 1 aliphatic heterocycles. The van der Waals surface area contributed by atoms with Crippen molar-refractivity contribution in [3.8, 4) is 0 Å². The number of amides is 1. The van der Waals surface area contributed by atoms with Gasteiger partial charge >= 0.3 is 5.97 Å². The summed E-state index contributed by atoms with van der Waals surface area (Å²) in [5.74, 6) is -0.928. The third-order valence-corrected chi connectivity index (χ3v) is 6.20. The van der Waals surface area contributed by atoms with Crippen molar-refractivity contribution in [1.82, 2.24) is 4.90 Å². The Kier molecular flexibility index (Phi) is 3.48. The van der Waals surface area contributed by atoms with Crippen LogP contribution in [0.5, 0.6) is 0 Å². The summed E-state index contributed by atoms with van der Waals surface area (Å²) in [6, 6.07) is 7.33. The topological polar surface area (TPSA) is 74.7 Å². The molecule has 1 heterocycles. The highest BCUT2D eigenvalue weighted by Crippen LogP contribution is 2.49. The van der Waals surface area contributed by atoms with Gasteiger partial charge < -0.3 is 10.0 Å². The van der Waals surface area contributed by atoms with E-state index >= 15 is 0 Å². The van der Waals surface area contributed by atoms with Crippen molar-refractivity contribution in [2.24, 2.45) is 11.3 Å². The van der Waals surface area contributed by atoms with E-state index in [1.807, 2.05) is 18.2 Å². The summed E-state index contributed by atoms with van der Waals surface area (Å²) in [5, 5.41) is 9.69. The van der Waals surface area contributed by atoms with Gasteiger partial charge in [0.25, 0.3) is 0 Å². The number of ketones is 1. The largest absolute Gasteiger partial charge is 0.481 e. The van der Waals surface area contributed by atoms with Crippen molar-refractivity contribution < 1.29 is 19.5 Å². The van der Waals surface area contributed by atoms with Gasteiger partial charge in [0, 0.05) is 25.1 Å². The minimum atomic E-state index is -0.764. The highest BCUT2D eigenvalue weighted by Gasteiger charge is 2.56. The van der Waals surface area contributed by atoms with Gasteiger partial charge in [-0.25, -0.2) is 0 Å². The summed E-state index contributed by atoms with van der Waals surface area (Å²) < 4.78 is 0. The lowest BCUT2D eigenvalue weighted by atomic mass is 9.80. The lowest BCUT2D eigenvalue weighted by Gasteiger charge is -2.29. The number of carbonyl (C=O) groups excluding carboxylic acids is 2. The number of carboxylic acids is 1. The van der Waals surface area contributed by atoms with Gasteiger partial charge in [0.1, 0.15) is 0 Å². The fraction of sp³-hybridized carbons (Fsp3) is 0.526. The van der Waals surface area contributed by atoms with Gasteiger partial charge in [0.2, 0.25) is 5.91 Å². The van der Waals surface area contributed by atoms with Crippen LogP contribution in [0.4, 0.5) is 0 Å². The first-order valence-corrected chi connectivity index (χ1v) is 8.67. The first kappa shape index (κ1) is 15.4. The molecule has 1 amide bonds. The molecule has 2 fully saturated rings. The quantitative estimate of drug-likeness (QED) is 0.905. The van der Waals surface area contributed by atoms with Gasteiger partial charge in [0.15, 0.2) is 5.78 Å². The molecule has 1 saturated carbocycles. The second kappa shape index (κ2) is 5.43. The van der Waals surface area contributed by atoms with Crippen LogP contribution in [0.1, 0.15) is 53.9 Å².